The zero-order valence-corrected chi connectivity index (χ0v) is 13.5. The van der Waals surface area contributed by atoms with Crippen molar-refractivity contribution in [3.63, 3.8) is 0 Å². The van der Waals surface area contributed by atoms with Crippen molar-refractivity contribution in [3.05, 3.63) is 35.4 Å². The second-order valence-corrected chi connectivity index (χ2v) is 6.49. The number of hydrogen-bond donors (Lipinski definition) is 0. The van der Waals surface area contributed by atoms with Crippen LogP contribution in [0.2, 0.25) is 0 Å². The normalized spacial score (nSPS) is 13.1. The van der Waals surface area contributed by atoms with Crippen LogP contribution in [-0.2, 0) is 9.53 Å². The van der Waals surface area contributed by atoms with Crippen molar-refractivity contribution in [2.45, 2.75) is 71.8 Å². The van der Waals surface area contributed by atoms with Crippen LogP contribution in [-0.4, -0.2) is 11.6 Å². The molecule has 1 atom stereocenters. The van der Waals surface area contributed by atoms with Gasteiger partial charge in [-0.2, -0.15) is 0 Å². The van der Waals surface area contributed by atoms with Gasteiger partial charge in [-0.25, -0.2) is 0 Å². The maximum absolute atomic E-state index is 12.4. The second-order valence-electron chi connectivity index (χ2n) is 6.49. The maximum Gasteiger partial charge on any atom is 0.313 e. The fourth-order valence-electron chi connectivity index (χ4n) is 2.19. The molecule has 1 rings (SSSR count). The van der Waals surface area contributed by atoms with Gasteiger partial charge in [0.1, 0.15) is 5.60 Å². The van der Waals surface area contributed by atoms with E-state index in [0.717, 1.165) is 31.2 Å². The molecule has 0 fully saturated rings. The van der Waals surface area contributed by atoms with E-state index < -0.39 is 5.60 Å². The minimum absolute atomic E-state index is 0.0996. The molecule has 1 aromatic rings. The molecule has 1 unspecified atom stereocenters. The molecule has 0 saturated carbocycles. The monoisotopic (exact) mass is 276 g/mol. The summed E-state index contributed by atoms with van der Waals surface area (Å²) in [4.78, 5) is 12.4. The van der Waals surface area contributed by atoms with Crippen molar-refractivity contribution in [3.8, 4) is 0 Å². The van der Waals surface area contributed by atoms with Crippen LogP contribution < -0.4 is 0 Å². The van der Waals surface area contributed by atoms with Crippen molar-refractivity contribution >= 4 is 5.97 Å². The van der Waals surface area contributed by atoms with Crippen molar-refractivity contribution in [1.82, 2.24) is 0 Å². The van der Waals surface area contributed by atoms with Gasteiger partial charge in [-0.3, -0.25) is 4.79 Å². The summed E-state index contributed by atoms with van der Waals surface area (Å²) in [6.07, 6.45) is 4.25. The summed E-state index contributed by atoms with van der Waals surface area (Å²) in [7, 11) is 0. The van der Waals surface area contributed by atoms with Crippen LogP contribution in [0.4, 0.5) is 0 Å². The van der Waals surface area contributed by atoms with E-state index in [2.05, 4.69) is 38.1 Å². The minimum atomic E-state index is -0.426. The highest BCUT2D eigenvalue weighted by Gasteiger charge is 2.26. The molecule has 0 heterocycles. The molecule has 2 heteroatoms. The lowest BCUT2D eigenvalue weighted by atomic mass is 9.92. The third-order valence-corrected chi connectivity index (χ3v) is 3.27. The topological polar surface area (TPSA) is 26.3 Å². The Morgan fingerprint density at radius 1 is 1.15 bits per heavy atom. The van der Waals surface area contributed by atoms with Gasteiger partial charge >= 0.3 is 5.97 Å². The van der Waals surface area contributed by atoms with Gasteiger partial charge in [0.05, 0.1) is 5.92 Å². The largest absolute Gasteiger partial charge is 0.459 e. The van der Waals surface area contributed by atoms with E-state index in [9.17, 15) is 4.79 Å². The van der Waals surface area contributed by atoms with E-state index >= 15 is 0 Å². The molecule has 0 N–H and O–H groups in total. The molecule has 0 aliphatic heterocycles. The van der Waals surface area contributed by atoms with Crippen LogP contribution in [0.5, 0.6) is 0 Å². The molecule has 0 bridgehead atoms. The highest BCUT2D eigenvalue weighted by atomic mass is 16.6. The predicted octanol–water partition coefficient (Wildman–Crippen LogP) is 5.00. The fraction of sp³-hybridized carbons (Fsp3) is 0.611. The predicted molar refractivity (Wildman–Crippen MR) is 83.9 cm³/mol. The molecule has 0 amide bonds. The van der Waals surface area contributed by atoms with E-state index in [0.29, 0.717) is 0 Å². The third kappa shape index (κ3) is 5.77. The molecule has 0 aromatic heterocycles. The Labute approximate surface area is 123 Å². The number of ether oxygens (including phenoxy) is 1. The molecule has 0 aliphatic rings. The van der Waals surface area contributed by atoms with Gasteiger partial charge in [-0.1, -0.05) is 56.0 Å². The second kappa shape index (κ2) is 7.47. The van der Waals surface area contributed by atoms with Crippen molar-refractivity contribution < 1.29 is 9.53 Å². The SMILES string of the molecule is CCCCCC(C(=O)OC(C)(C)C)c1ccc(C)cc1. The third-order valence-electron chi connectivity index (χ3n) is 3.27. The van der Waals surface area contributed by atoms with Gasteiger partial charge in [0.15, 0.2) is 0 Å². The zero-order chi connectivity index (χ0) is 15.2. The highest BCUT2D eigenvalue weighted by Crippen LogP contribution is 2.26. The first kappa shape index (κ1) is 16.7. The Hall–Kier alpha value is -1.31. The lowest BCUT2D eigenvalue weighted by molar-refractivity contribution is -0.157. The number of rotatable bonds is 6. The minimum Gasteiger partial charge on any atom is -0.459 e. The van der Waals surface area contributed by atoms with Gasteiger partial charge in [-0.15, -0.1) is 0 Å². The molecule has 0 spiro atoms. The summed E-state index contributed by atoms with van der Waals surface area (Å²) in [5, 5.41) is 0. The molecular formula is C18H28O2. The Kier molecular flexibility index (Phi) is 6.25. The van der Waals surface area contributed by atoms with E-state index in [1.807, 2.05) is 20.8 Å². The summed E-state index contributed by atoms with van der Waals surface area (Å²) in [5.41, 5.74) is 1.86. The average molecular weight is 276 g/mol. The van der Waals surface area contributed by atoms with Gasteiger partial charge in [0.25, 0.3) is 0 Å². The summed E-state index contributed by atoms with van der Waals surface area (Å²) in [6, 6.07) is 8.23. The Bertz CT molecular complexity index is 412. The highest BCUT2D eigenvalue weighted by molar-refractivity contribution is 5.78. The lowest BCUT2D eigenvalue weighted by Gasteiger charge is -2.24. The van der Waals surface area contributed by atoms with E-state index in [-0.39, 0.29) is 11.9 Å². The number of carbonyl (C=O) groups is 1. The van der Waals surface area contributed by atoms with Gasteiger partial charge in [0.2, 0.25) is 0 Å². The number of esters is 1. The standard InChI is InChI=1S/C18H28O2/c1-6-7-8-9-16(17(19)20-18(3,4)5)15-12-10-14(2)11-13-15/h10-13,16H,6-9H2,1-5H3. The molecule has 112 valence electrons. The van der Waals surface area contributed by atoms with E-state index in [1.165, 1.54) is 5.56 Å². The summed E-state index contributed by atoms with van der Waals surface area (Å²) in [6.45, 7) is 9.99. The Balaban J connectivity index is 2.84. The quantitative estimate of drug-likeness (QED) is 0.540. The molecule has 0 radical (unpaired) electrons. The van der Waals surface area contributed by atoms with Crippen molar-refractivity contribution in [1.29, 1.82) is 0 Å². The summed E-state index contributed by atoms with van der Waals surface area (Å²) >= 11 is 0. The first-order valence-electron chi connectivity index (χ1n) is 7.63. The smallest absolute Gasteiger partial charge is 0.313 e. The van der Waals surface area contributed by atoms with Crippen LogP contribution >= 0.6 is 0 Å². The van der Waals surface area contributed by atoms with Crippen LogP contribution in [0.15, 0.2) is 24.3 Å². The zero-order valence-electron chi connectivity index (χ0n) is 13.5. The number of unbranched alkanes of at least 4 members (excludes halogenated alkanes) is 2. The number of aryl methyl sites for hydroxylation is 1. The maximum atomic E-state index is 12.4. The summed E-state index contributed by atoms with van der Waals surface area (Å²) < 4.78 is 5.58. The van der Waals surface area contributed by atoms with Crippen LogP contribution in [0, 0.1) is 6.92 Å². The molecule has 0 saturated heterocycles. The molecule has 1 aromatic carbocycles. The van der Waals surface area contributed by atoms with Crippen molar-refractivity contribution in [2.75, 3.05) is 0 Å². The number of benzene rings is 1. The fourth-order valence-corrected chi connectivity index (χ4v) is 2.19. The first-order valence-corrected chi connectivity index (χ1v) is 7.63. The molecule has 0 aliphatic carbocycles. The van der Waals surface area contributed by atoms with Gasteiger partial charge in [-0.05, 0) is 39.7 Å². The lowest BCUT2D eigenvalue weighted by Crippen LogP contribution is -2.28. The van der Waals surface area contributed by atoms with Gasteiger partial charge in [0, 0.05) is 0 Å². The van der Waals surface area contributed by atoms with Crippen LogP contribution in [0.1, 0.15) is 70.4 Å². The summed E-state index contributed by atoms with van der Waals surface area (Å²) in [5.74, 6) is -0.237. The number of hydrogen-bond acceptors (Lipinski definition) is 2. The van der Waals surface area contributed by atoms with Crippen LogP contribution in [0.25, 0.3) is 0 Å². The number of carbonyl (C=O) groups excluding carboxylic acids is 1. The van der Waals surface area contributed by atoms with Crippen molar-refractivity contribution in [2.24, 2.45) is 0 Å². The van der Waals surface area contributed by atoms with E-state index in [4.69, 9.17) is 4.74 Å². The first-order chi connectivity index (χ1) is 9.33. The average Bonchev–Trinajstić information content (AvgIpc) is 2.34. The molecule has 20 heavy (non-hydrogen) atoms. The Morgan fingerprint density at radius 3 is 2.25 bits per heavy atom. The molecular weight excluding hydrogens is 248 g/mol. The van der Waals surface area contributed by atoms with Gasteiger partial charge < -0.3 is 4.74 Å². The van der Waals surface area contributed by atoms with E-state index in [1.54, 1.807) is 0 Å². The van der Waals surface area contributed by atoms with Crippen LogP contribution in [0.3, 0.4) is 0 Å². The Morgan fingerprint density at radius 2 is 1.75 bits per heavy atom. The molecule has 2 nitrogen and oxygen atoms in total.